The minimum absolute atomic E-state index is 0.0800. The Kier molecular flexibility index (Phi) is 5.76. The van der Waals surface area contributed by atoms with Gasteiger partial charge >= 0.3 is 0 Å². The molecular weight excluding hydrogens is 288 g/mol. The highest BCUT2D eigenvalue weighted by Gasteiger charge is 2.21. The van der Waals surface area contributed by atoms with Gasteiger partial charge in [0.05, 0.1) is 15.5 Å². The summed E-state index contributed by atoms with van der Waals surface area (Å²) in [7, 11) is -0.522. The molecule has 0 aromatic heterocycles. The Morgan fingerprint density at radius 3 is 2.68 bits per heavy atom. The van der Waals surface area contributed by atoms with E-state index in [1.54, 1.807) is 7.11 Å². The number of halogens is 1. The molecule has 0 atom stereocenters. The number of hydrogen-bond donors (Lipinski definition) is 0. The Balaban J connectivity index is 2.94. The van der Waals surface area contributed by atoms with Gasteiger partial charge in [-0.3, -0.25) is 0 Å². The molecule has 104 valence electrons. The molecule has 19 heavy (non-hydrogen) atoms. The zero-order valence-corrected chi connectivity index (χ0v) is 12.3. The first kappa shape index (κ1) is 15.9. The van der Waals surface area contributed by atoms with Crippen LogP contribution in [-0.4, -0.2) is 40.0 Å². The number of ether oxygens (including phenoxy) is 1. The number of benzene rings is 1. The molecule has 7 heteroatoms. The first-order chi connectivity index (χ1) is 8.93. The number of nitrogens with zero attached hydrogens (tertiary/aromatic N) is 2. The van der Waals surface area contributed by atoms with E-state index >= 15 is 0 Å². The second kappa shape index (κ2) is 6.87. The van der Waals surface area contributed by atoms with Crippen molar-refractivity contribution in [1.82, 2.24) is 4.31 Å². The van der Waals surface area contributed by atoms with E-state index in [0.29, 0.717) is 19.6 Å². The van der Waals surface area contributed by atoms with Gasteiger partial charge in [0, 0.05) is 27.3 Å². The highest BCUT2D eigenvalue weighted by atomic mass is 35.5. The highest BCUT2D eigenvalue weighted by molar-refractivity contribution is 7.89. The van der Waals surface area contributed by atoms with Crippen LogP contribution >= 0.6 is 11.6 Å². The van der Waals surface area contributed by atoms with Crippen molar-refractivity contribution in [2.45, 2.75) is 11.3 Å². The van der Waals surface area contributed by atoms with Crippen molar-refractivity contribution < 1.29 is 13.2 Å². The summed E-state index contributed by atoms with van der Waals surface area (Å²) >= 11 is 5.84. The SMILES string of the molecule is COCCCN(C)S(=O)(=O)c1ccc(C#N)c(Cl)c1. The van der Waals surface area contributed by atoms with Crippen molar-refractivity contribution >= 4 is 21.6 Å². The lowest BCUT2D eigenvalue weighted by Crippen LogP contribution is -2.28. The van der Waals surface area contributed by atoms with Gasteiger partial charge in [-0.25, -0.2) is 12.7 Å². The molecule has 5 nitrogen and oxygen atoms in total. The smallest absolute Gasteiger partial charge is 0.242 e. The second-order valence-corrected chi connectivity index (χ2v) is 6.38. The van der Waals surface area contributed by atoms with Crippen molar-refractivity contribution in [3.63, 3.8) is 0 Å². The summed E-state index contributed by atoms with van der Waals surface area (Å²) in [5.74, 6) is 0. The summed E-state index contributed by atoms with van der Waals surface area (Å²) < 4.78 is 30.6. The van der Waals surface area contributed by atoms with Gasteiger partial charge in [-0.15, -0.1) is 0 Å². The Hall–Kier alpha value is -1.13. The maximum Gasteiger partial charge on any atom is 0.242 e. The van der Waals surface area contributed by atoms with E-state index in [-0.39, 0.29) is 15.5 Å². The van der Waals surface area contributed by atoms with E-state index < -0.39 is 10.0 Å². The first-order valence-electron chi connectivity index (χ1n) is 5.58. The van der Waals surface area contributed by atoms with Crippen LogP contribution in [-0.2, 0) is 14.8 Å². The first-order valence-corrected chi connectivity index (χ1v) is 7.40. The summed E-state index contributed by atoms with van der Waals surface area (Å²) in [5.41, 5.74) is 0.252. The Morgan fingerprint density at radius 2 is 2.16 bits per heavy atom. The van der Waals surface area contributed by atoms with Gasteiger partial charge in [0.25, 0.3) is 0 Å². The number of nitriles is 1. The lowest BCUT2D eigenvalue weighted by molar-refractivity contribution is 0.189. The fourth-order valence-corrected chi connectivity index (χ4v) is 3.00. The van der Waals surface area contributed by atoms with Crippen LogP contribution in [0.4, 0.5) is 0 Å². The molecule has 0 aliphatic heterocycles. The van der Waals surface area contributed by atoms with Crippen molar-refractivity contribution in [3.05, 3.63) is 28.8 Å². The number of sulfonamides is 1. The topological polar surface area (TPSA) is 70.4 Å². The van der Waals surface area contributed by atoms with Crippen LogP contribution in [0, 0.1) is 11.3 Å². The fourth-order valence-electron chi connectivity index (χ4n) is 1.48. The monoisotopic (exact) mass is 302 g/mol. The predicted molar refractivity (Wildman–Crippen MR) is 72.5 cm³/mol. The molecule has 0 saturated heterocycles. The number of methoxy groups -OCH3 is 1. The van der Waals surface area contributed by atoms with E-state index in [1.807, 2.05) is 6.07 Å². The molecule has 0 aliphatic carbocycles. The third kappa shape index (κ3) is 3.91. The summed E-state index contributed by atoms with van der Waals surface area (Å²) in [6.45, 7) is 0.849. The van der Waals surface area contributed by atoms with Crippen LogP contribution in [0.1, 0.15) is 12.0 Å². The van der Waals surface area contributed by atoms with E-state index in [0.717, 1.165) is 0 Å². The van der Waals surface area contributed by atoms with E-state index in [4.69, 9.17) is 21.6 Å². The minimum atomic E-state index is -3.58. The van der Waals surface area contributed by atoms with E-state index in [2.05, 4.69) is 0 Å². The zero-order valence-electron chi connectivity index (χ0n) is 10.8. The summed E-state index contributed by atoms with van der Waals surface area (Å²) in [4.78, 5) is 0.0800. The highest BCUT2D eigenvalue weighted by Crippen LogP contribution is 2.22. The molecule has 0 radical (unpaired) electrons. The third-order valence-corrected chi connectivity index (χ3v) is 4.76. The van der Waals surface area contributed by atoms with Gasteiger partial charge < -0.3 is 4.74 Å². The number of hydrogen-bond acceptors (Lipinski definition) is 4. The van der Waals surface area contributed by atoms with Crippen LogP contribution in [0.2, 0.25) is 5.02 Å². The molecule has 0 bridgehead atoms. The third-order valence-electron chi connectivity index (χ3n) is 2.59. The van der Waals surface area contributed by atoms with Crippen molar-refractivity contribution in [2.24, 2.45) is 0 Å². The molecule has 0 heterocycles. The largest absolute Gasteiger partial charge is 0.385 e. The van der Waals surface area contributed by atoms with Crippen LogP contribution in [0.5, 0.6) is 0 Å². The quantitative estimate of drug-likeness (QED) is 0.752. The zero-order chi connectivity index (χ0) is 14.5. The van der Waals surface area contributed by atoms with Crippen molar-refractivity contribution in [2.75, 3.05) is 27.3 Å². The average molecular weight is 303 g/mol. The molecule has 1 rings (SSSR count). The molecule has 0 saturated carbocycles. The van der Waals surface area contributed by atoms with Crippen molar-refractivity contribution in [1.29, 1.82) is 5.26 Å². The lowest BCUT2D eigenvalue weighted by atomic mass is 10.2. The van der Waals surface area contributed by atoms with E-state index in [9.17, 15) is 8.42 Å². The van der Waals surface area contributed by atoms with Gasteiger partial charge in [-0.1, -0.05) is 11.6 Å². The normalized spacial score (nSPS) is 11.5. The summed E-state index contributed by atoms with van der Waals surface area (Å²) in [5, 5.41) is 8.89. The molecule has 0 unspecified atom stereocenters. The summed E-state index contributed by atoms with van der Waals surface area (Å²) in [6, 6.07) is 5.96. The fraction of sp³-hybridized carbons (Fsp3) is 0.417. The molecule has 1 aromatic rings. The number of rotatable bonds is 6. The van der Waals surface area contributed by atoms with Gasteiger partial charge in [0.15, 0.2) is 0 Å². The predicted octanol–water partition coefficient (Wildman–Crippen LogP) is 1.87. The van der Waals surface area contributed by atoms with Gasteiger partial charge in [-0.2, -0.15) is 5.26 Å². The lowest BCUT2D eigenvalue weighted by Gasteiger charge is -2.17. The van der Waals surface area contributed by atoms with E-state index in [1.165, 1.54) is 29.6 Å². The molecule has 0 spiro atoms. The van der Waals surface area contributed by atoms with Crippen LogP contribution in [0.25, 0.3) is 0 Å². The maximum atomic E-state index is 12.2. The Labute approximate surface area is 118 Å². The van der Waals surface area contributed by atoms with Crippen LogP contribution < -0.4 is 0 Å². The summed E-state index contributed by atoms with van der Waals surface area (Å²) in [6.07, 6.45) is 0.607. The molecular formula is C12H15ClN2O3S. The van der Waals surface area contributed by atoms with Gasteiger partial charge in [-0.05, 0) is 24.6 Å². The second-order valence-electron chi connectivity index (χ2n) is 3.93. The van der Waals surface area contributed by atoms with Gasteiger partial charge in [0.1, 0.15) is 6.07 Å². The minimum Gasteiger partial charge on any atom is -0.385 e. The van der Waals surface area contributed by atoms with Crippen molar-refractivity contribution in [3.8, 4) is 6.07 Å². The van der Waals surface area contributed by atoms with Gasteiger partial charge in [0.2, 0.25) is 10.0 Å². The average Bonchev–Trinajstić information content (AvgIpc) is 2.38. The molecule has 0 fully saturated rings. The molecule has 0 amide bonds. The molecule has 0 N–H and O–H groups in total. The molecule has 1 aromatic carbocycles. The standard InChI is InChI=1S/C12H15ClN2O3S/c1-15(6-3-7-18-2)19(16,17)11-5-4-10(9-14)12(13)8-11/h4-5,8H,3,6-7H2,1-2H3. The maximum absolute atomic E-state index is 12.2. The Bertz CT molecular complexity index is 581. The molecule has 0 aliphatic rings. The van der Waals surface area contributed by atoms with Crippen LogP contribution in [0.15, 0.2) is 23.1 Å². The Morgan fingerprint density at radius 1 is 1.47 bits per heavy atom. The van der Waals surface area contributed by atoms with Crippen LogP contribution in [0.3, 0.4) is 0 Å².